The summed E-state index contributed by atoms with van der Waals surface area (Å²) >= 11 is 0. The van der Waals surface area contributed by atoms with Crippen LogP contribution in [0.3, 0.4) is 0 Å². The highest BCUT2D eigenvalue weighted by Crippen LogP contribution is 2.38. The van der Waals surface area contributed by atoms with Gasteiger partial charge in [-0.05, 0) is 200 Å². The average molecular weight is 1480 g/mol. The first-order chi connectivity index (χ1) is 52.3. The molecule has 0 atom stereocenters. The summed E-state index contributed by atoms with van der Waals surface area (Å²) in [5.74, 6) is -3.57. The van der Waals surface area contributed by atoms with Gasteiger partial charge in [-0.1, -0.05) is 109 Å². The monoisotopic (exact) mass is 1480 g/mol. The molecule has 9 aromatic carbocycles. The van der Waals surface area contributed by atoms with E-state index < -0.39 is 29.3 Å². The summed E-state index contributed by atoms with van der Waals surface area (Å²) in [5, 5.41) is 43.6. The number of benzene rings is 9. The number of aryl methyl sites for hydroxylation is 3. The summed E-state index contributed by atoms with van der Waals surface area (Å²) in [4.78, 5) is 73.5. The number of aliphatic imine (C=N–C) groups is 3. The van der Waals surface area contributed by atoms with E-state index in [-0.39, 0.29) is 47.9 Å². The largest absolute Gasteiger partial charge is 0.494 e. The first-order valence-electron chi connectivity index (χ1n) is 35.6. The predicted molar refractivity (Wildman–Crippen MR) is 422 cm³/mol. The number of aromatic hydroxyl groups is 3. The number of esters is 2. The fourth-order valence-corrected chi connectivity index (χ4v) is 12.6. The number of carboxylic acid groups (broad SMARTS) is 1. The van der Waals surface area contributed by atoms with Gasteiger partial charge in [0, 0.05) is 78.7 Å². The third-order valence-electron chi connectivity index (χ3n) is 17.6. The number of hydrogen-bond donors (Lipinski definition) is 6. The minimum atomic E-state index is -0.847. The van der Waals surface area contributed by atoms with Crippen LogP contribution in [0.25, 0.3) is 32.7 Å². The second-order valence-electron chi connectivity index (χ2n) is 27.0. The van der Waals surface area contributed by atoms with E-state index in [1.807, 2.05) is 188 Å². The summed E-state index contributed by atoms with van der Waals surface area (Å²) in [6.45, 7) is 7.99. The second kappa shape index (κ2) is 36.8. The molecule has 12 rings (SSSR count). The molecular formula is C87H88F3N9O10. The highest BCUT2D eigenvalue weighted by Gasteiger charge is 2.26. The van der Waals surface area contributed by atoms with Gasteiger partial charge in [-0.25, -0.2) is 32.7 Å². The number of aliphatic carboxylic acids is 1. The molecule has 0 aliphatic rings. The molecular weight excluding hydrogens is 1390 g/mol. The number of hydrogen-bond acceptors (Lipinski definition) is 15. The molecule has 0 saturated carbocycles. The van der Waals surface area contributed by atoms with Crippen LogP contribution in [0.2, 0.25) is 0 Å². The fraction of sp³-hybridized carbons (Fsp3) is 0.230. The second-order valence-corrected chi connectivity index (χ2v) is 27.0. The molecule has 0 bridgehead atoms. The zero-order valence-electron chi connectivity index (χ0n) is 62.3. The maximum Gasteiger partial charge on any atom is 0.306 e. The number of carboxylic acids is 1. The number of H-pyrrole nitrogens is 2. The van der Waals surface area contributed by atoms with Crippen LogP contribution in [-0.4, -0.2) is 146 Å². The van der Waals surface area contributed by atoms with Crippen LogP contribution in [0.15, 0.2) is 215 Å². The van der Waals surface area contributed by atoms with Gasteiger partial charge in [-0.15, -0.1) is 0 Å². The van der Waals surface area contributed by atoms with E-state index in [0.29, 0.717) is 117 Å². The molecule has 3 heterocycles. The molecule has 0 spiro atoms. The molecule has 19 nitrogen and oxygen atoms in total. The maximum absolute atomic E-state index is 14.2. The molecule has 0 saturated heterocycles. The Morgan fingerprint density at radius 1 is 0.413 bits per heavy atom. The number of rotatable bonds is 26. The van der Waals surface area contributed by atoms with Crippen LogP contribution in [0.4, 0.5) is 30.2 Å². The molecule has 109 heavy (non-hydrogen) atoms. The zero-order chi connectivity index (χ0) is 78.0. The highest BCUT2D eigenvalue weighted by molar-refractivity contribution is 6.24. The van der Waals surface area contributed by atoms with E-state index in [1.165, 1.54) is 43.3 Å². The normalized spacial score (nSPS) is 11.9. The van der Waals surface area contributed by atoms with Crippen molar-refractivity contribution in [3.8, 4) is 17.6 Å². The Hall–Kier alpha value is -12.2. The summed E-state index contributed by atoms with van der Waals surface area (Å²) < 4.78 is 52.9. The summed E-state index contributed by atoms with van der Waals surface area (Å²) in [5.41, 5.74) is 14.6. The van der Waals surface area contributed by atoms with Crippen LogP contribution >= 0.6 is 0 Å². The molecule has 0 aliphatic heterocycles. The van der Waals surface area contributed by atoms with Gasteiger partial charge in [-0.3, -0.25) is 19.2 Å². The van der Waals surface area contributed by atoms with Crippen molar-refractivity contribution in [3.05, 3.63) is 284 Å². The van der Waals surface area contributed by atoms with E-state index >= 15 is 0 Å². The Kier molecular flexibility index (Phi) is 26.8. The third kappa shape index (κ3) is 21.1. The number of ether oxygens (including phenoxy) is 2. The lowest BCUT2D eigenvalue weighted by Crippen LogP contribution is -2.10. The molecule has 0 unspecified atom stereocenters. The van der Waals surface area contributed by atoms with Crippen LogP contribution in [0.1, 0.15) is 112 Å². The van der Waals surface area contributed by atoms with Gasteiger partial charge >= 0.3 is 17.9 Å². The van der Waals surface area contributed by atoms with Gasteiger partial charge in [0.1, 0.15) is 17.5 Å². The molecule has 562 valence electrons. The average Bonchev–Trinajstić information content (AvgIpc) is 1.62. The molecule has 0 fully saturated rings. The van der Waals surface area contributed by atoms with Gasteiger partial charge in [0.05, 0.1) is 80.7 Å². The highest BCUT2D eigenvalue weighted by atomic mass is 19.1. The van der Waals surface area contributed by atoms with E-state index in [2.05, 4.69) is 24.7 Å². The summed E-state index contributed by atoms with van der Waals surface area (Å²) in [6, 6.07) is 59.0. The molecule has 22 heteroatoms. The fourth-order valence-electron chi connectivity index (χ4n) is 12.6. The summed E-state index contributed by atoms with van der Waals surface area (Å²) in [7, 11) is 12.0. The van der Waals surface area contributed by atoms with Crippen LogP contribution in [0.5, 0.6) is 17.6 Å². The number of nitrogens with zero attached hydrogens (tertiary/aromatic N) is 7. The van der Waals surface area contributed by atoms with Gasteiger partial charge in [0.2, 0.25) is 11.8 Å². The van der Waals surface area contributed by atoms with Gasteiger partial charge in [-0.2, -0.15) is 0 Å². The van der Waals surface area contributed by atoms with Crippen LogP contribution in [-0.2, 0) is 62.8 Å². The minimum absolute atomic E-state index is 0.0500. The lowest BCUT2D eigenvalue weighted by molar-refractivity contribution is -0.144. The van der Waals surface area contributed by atoms with Crippen molar-refractivity contribution in [2.24, 2.45) is 15.0 Å². The van der Waals surface area contributed by atoms with Gasteiger partial charge in [0.25, 0.3) is 0 Å². The van der Waals surface area contributed by atoms with Crippen molar-refractivity contribution in [2.75, 3.05) is 55.5 Å². The topological polar surface area (TPSA) is 251 Å². The first kappa shape index (κ1) is 79.3. The number of aromatic nitrogens is 3. The molecule has 6 N–H and O–H groups in total. The zero-order valence-corrected chi connectivity index (χ0v) is 62.3. The van der Waals surface area contributed by atoms with Gasteiger partial charge < -0.3 is 54.6 Å². The number of halogens is 3. The van der Waals surface area contributed by atoms with E-state index in [1.54, 1.807) is 32.0 Å². The lowest BCUT2D eigenvalue weighted by atomic mass is 9.98. The van der Waals surface area contributed by atoms with E-state index in [9.17, 15) is 47.7 Å². The van der Waals surface area contributed by atoms with Crippen LogP contribution in [0, 0.1) is 17.5 Å². The van der Waals surface area contributed by atoms with E-state index in [0.717, 1.165) is 74.4 Å². The van der Waals surface area contributed by atoms with Gasteiger partial charge in [0.15, 0.2) is 11.8 Å². The predicted octanol–water partition coefficient (Wildman–Crippen LogP) is 16.9. The Bertz CT molecular complexity index is 5280. The smallest absolute Gasteiger partial charge is 0.306 e. The van der Waals surface area contributed by atoms with Crippen molar-refractivity contribution in [2.45, 2.75) is 78.9 Å². The number of aromatic amines is 2. The Labute approximate surface area is 630 Å². The first-order valence-corrected chi connectivity index (χ1v) is 35.6. The van der Waals surface area contributed by atoms with Crippen LogP contribution < -0.4 is 0 Å². The lowest BCUT2D eigenvalue weighted by Gasteiger charge is -2.11. The molecule has 0 aliphatic carbocycles. The SMILES string of the molecule is CCOC(=O)CCc1ccc(C(=Nc2ccc(CN(C)C)cc2)c2c(O)[nH]c3cc(F)ccc23)cc1.CCOC(=O)CCc1ccc(C(=Nc2ccc(CN(C)C)cc2)c2c(O)n(C(C)=O)c3cc(F)ccc23)cc1.CN(C)Cc1ccc(N=C(c2ccc(CCC(=O)O)cc2)c2c(O)[nH]c3cc(F)ccc23)cc1. The molecule has 12 aromatic rings. The number of fused-ring (bicyclic) bond motifs is 3. The van der Waals surface area contributed by atoms with E-state index in [4.69, 9.17) is 29.6 Å². The maximum atomic E-state index is 14.2. The minimum Gasteiger partial charge on any atom is -0.494 e. The standard InChI is InChI=1S/C31H32FN3O4.C29H30FN3O3.C27H26FN3O3/c1-5-39-28(37)17-10-21-6-11-23(12-7-21)30(33-25-14-8-22(9-15-25)19-34(3)4)29-26-16-13-24(32)18-27(26)35(20(2)36)31(29)38;1-4-36-26(34)16-9-19-5-10-21(11-6-19)28(31-23-13-7-20(8-14-23)18-33(2)3)27-24-15-12-22(30)17-25(24)32-29(27)35;1-31(2)16-18-5-11-21(12-6-18)29-26(19-8-3-17(4-9-19)7-14-24(32)33)25-22-13-10-20(28)15-23(22)30-27(25)34/h6-9,11-16,18,38H,5,10,17,19H2,1-4H3;5-8,10-15,17,32,35H,4,9,16,18H2,1-3H3;3-6,8-13,15,30,34H,7,14,16H2,1-2H3,(H,32,33). The summed E-state index contributed by atoms with van der Waals surface area (Å²) in [6.07, 6.45) is 2.14. The number of nitrogens with one attached hydrogen (secondary N) is 2. The van der Waals surface area contributed by atoms with Crippen molar-refractivity contribution in [3.63, 3.8) is 0 Å². The van der Waals surface area contributed by atoms with Crippen molar-refractivity contribution < 1.29 is 62.2 Å². The number of carbonyl (C=O) groups excluding carboxylic acids is 3. The Morgan fingerprint density at radius 3 is 1.05 bits per heavy atom. The molecule has 0 radical (unpaired) electrons. The Morgan fingerprint density at radius 2 is 0.725 bits per heavy atom. The molecule has 3 aromatic heterocycles. The third-order valence-corrected chi connectivity index (χ3v) is 17.6. The molecule has 0 amide bonds. The van der Waals surface area contributed by atoms with Crippen molar-refractivity contribution in [1.29, 1.82) is 0 Å². The number of carbonyl (C=O) groups is 4. The quantitative estimate of drug-likeness (QED) is 0.0218. The van der Waals surface area contributed by atoms with Crippen molar-refractivity contribution in [1.82, 2.24) is 29.2 Å². The Balaban J connectivity index is 0.000000175. The van der Waals surface area contributed by atoms with Crippen molar-refractivity contribution >= 4 is 90.7 Å².